The van der Waals surface area contributed by atoms with E-state index in [1.54, 1.807) is 0 Å². The fourth-order valence-corrected chi connectivity index (χ4v) is 0.951. The molecule has 0 aromatic carbocycles. The lowest BCUT2D eigenvalue weighted by Gasteiger charge is -2.23. The highest BCUT2D eigenvalue weighted by Crippen LogP contribution is 2.06. The van der Waals surface area contributed by atoms with Crippen molar-refractivity contribution < 1.29 is 40.5 Å². The summed E-state index contributed by atoms with van der Waals surface area (Å²) >= 11 is 0. The summed E-state index contributed by atoms with van der Waals surface area (Å²) in [6.07, 6.45) is -9.78. The van der Waals surface area contributed by atoms with Crippen LogP contribution in [0.4, 0.5) is 0 Å². The molecule has 0 aliphatic rings. The van der Waals surface area contributed by atoms with E-state index in [0.29, 0.717) is 0 Å². The SMILES string of the molecule is O=C([C@@H](O)[C@H](O)C(O)CO)[C@@H](O)[C@@H](O)CO. The van der Waals surface area contributed by atoms with Crippen molar-refractivity contribution in [3.05, 3.63) is 0 Å². The molecule has 0 rings (SSSR count). The number of aliphatic hydroxyl groups excluding tert-OH is 7. The molecular weight excluding hydrogens is 224 g/mol. The third-order valence-electron chi connectivity index (χ3n) is 2.04. The molecule has 0 bridgehead atoms. The summed E-state index contributed by atoms with van der Waals surface area (Å²) in [5.41, 5.74) is 0. The zero-order chi connectivity index (χ0) is 12.9. The normalized spacial score (nSPS) is 20.9. The molecule has 0 spiro atoms. The maximum absolute atomic E-state index is 11.2. The van der Waals surface area contributed by atoms with Crippen LogP contribution in [-0.2, 0) is 4.79 Å². The Morgan fingerprint density at radius 1 is 0.812 bits per heavy atom. The maximum Gasteiger partial charge on any atom is 0.195 e. The Morgan fingerprint density at radius 3 is 1.62 bits per heavy atom. The number of carbonyl (C=O) groups excluding carboxylic acids is 1. The van der Waals surface area contributed by atoms with Gasteiger partial charge in [-0.25, -0.2) is 0 Å². The van der Waals surface area contributed by atoms with Crippen LogP contribution in [0.3, 0.4) is 0 Å². The Kier molecular flexibility index (Phi) is 6.60. The van der Waals surface area contributed by atoms with E-state index in [4.69, 9.17) is 30.6 Å². The van der Waals surface area contributed by atoms with Gasteiger partial charge in [-0.15, -0.1) is 0 Å². The first-order valence-electron chi connectivity index (χ1n) is 4.52. The molecule has 1 unspecified atom stereocenters. The van der Waals surface area contributed by atoms with Gasteiger partial charge in [-0.05, 0) is 0 Å². The van der Waals surface area contributed by atoms with E-state index >= 15 is 0 Å². The van der Waals surface area contributed by atoms with Gasteiger partial charge in [0, 0.05) is 0 Å². The number of hydrogen-bond donors (Lipinski definition) is 7. The van der Waals surface area contributed by atoms with E-state index in [1.807, 2.05) is 0 Å². The lowest BCUT2D eigenvalue weighted by molar-refractivity contribution is -0.155. The number of Topliss-reactive ketones (excluding diaryl/α,β-unsaturated/α-hetero) is 1. The van der Waals surface area contributed by atoms with Crippen LogP contribution in [0.2, 0.25) is 0 Å². The molecule has 0 fully saturated rings. The van der Waals surface area contributed by atoms with Crippen molar-refractivity contribution in [2.45, 2.75) is 30.5 Å². The highest BCUT2D eigenvalue weighted by Gasteiger charge is 2.36. The molecule has 0 amide bonds. The van der Waals surface area contributed by atoms with Gasteiger partial charge in [0.25, 0.3) is 0 Å². The van der Waals surface area contributed by atoms with Crippen LogP contribution in [0.25, 0.3) is 0 Å². The standard InChI is InChI=1S/C8H16O8/c9-1-3(11)5(13)7(15)8(16)6(14)4(12)2-10/h3-7,9-15H,1-2H2/t3?,4-,5+,6-,7-/m0/s1. The summed E-state index contributed by atoms with van der Waals surface area (Å²) in [5, 5.41) is 62.1. The van der Waals surface area contributed by atoms with Gasteiger partial charge in [-0.3, -0.25) is 4.79 Å². The summed E-state index contributed by atoms with van der Waals surface area (Å²) in [4.78, 5) is 11.2. The zero-order valence-electron chi connectivity index (χ0n) is 8.34. The quantitative estimate of drug-likeness (QED) is 0.234. The van der Waals surface area contributed by atoms with Gasteiger partial charge in [-0.2, -0.15) is 0 Å². The lowest BCUT2D eigenvalue weighted by atomic mass is 9.98. The first kappa shape index (κ1) is 15.4. The number of ketones is 1. The number of carbonyl (C=O) groups is 1. The van der Waals surface area contributed by atoms with E-state index < -0.39 is 49.5 Å². The van der Waals surface area contributed by atoms with Gasteiger partial charge in [0.1, 0.15) is 30.5 Å². The molecular formula is C8H16O8. The van der Waals surface area contributed by atoms with Crippen molar-refractivity contribution in [2.24, 2.45) is 0 Å². The predicted molar refractivity (Wildman–Crippen MR) is 49.2 cm³/mol. The zero-order valence-corrected chi connectivity index (χ0v) is 8.34. The Labute approximate surface area is 91.0 Å². The topological polar surface area (TPSA) is 159 Å². The van der Waals surface area contributed by atoms with Crippen LogP contribution < -0.4 is 0 Å². The summed E-state index contributed by atoms with van der Waals surface area (Å²) < 4.78 is 0. The molecule has 5 atom stereocenters. The van der Waals surface area contributed by atoms with Crippen molar-refractivity contribution in [3.63, 3.8) is 0 Å². The second-order valence-electron chi connectivity index (χ2n) is 3.28. The minimum absolute atomic E-state index is 0.885. The highest BCUT2D eigenvalue weighted by atomic mass is 16.4. The number of rotatable bonds is 7. The molecule has 0 aliphatic carbocycles. The van der Waals surface area contributed by atoms with Crippen molar-refractivity contribution >= 4 is 5.78 Å². The molecule has 0 aromatic heterocycles. The van der Waals surface area contributed by atoms with Gasteiger partial charge in [0.05, 0.1) is 13.2 Å². The van der Waals surface area contributed by atoms with E-state index in [0.717, 1.165) is 0 Å². The second-order valence-corrected chi connectivity index (χ2v) is 3.28. The van der Waals surface area contributed by atoms with Crippen LogP contribution in [-0.4, -0.2) is 85.3 Å². The average molecular weight is 240 g/mol. The molecule has 7 N–H and O–H groups in total. The summed E-state index contributed by atoms with van der Waals surface area (Å²) in [6.45, 7) is -1.79. The van der Waals surface area contributed by atoms with Crippen LogP contribution >= 0.6 is 0 Å². The number of aliphatic hydroxyl groups is 7. The number of hydrogen-bond acceptors (Lipinski definition) is 8. The van der Waals surface area contributed by atoms with Gasteiger partial charge in [0.15, 0.2) is 5.78 Å². The van der Waals surface area contributed by atoms with Crippen LogP contribution in [0, 0.1) is 0 Å². The molecule has 0 heterocycles. The Bertz CT molecular complexity index is 220. The van der Waals surface area contributed by atoms with Crippen LogP contribution in [0.15, 0.2) is 0 Å². The Morgan fingerprint density at radius 2 is 1.25 bits per heavy atom. The third kappa shape index (κ3) is 3.76. The van der Waals surface area contributed by atoms with E-state index in [-0.39, 0.29) is 0 Å². The van der Waals surface area contributed by atoms with Crippen molar-refractivity contribution in [3.8, 4) is 0 Å². The molecule has 0 saturated carbocycles. The monoisotopic (exact) mass is 240 g/mol. The van der Waals surface area contributed by atoms with Crippen molar-refractivity contribution in [1.29, 1.82) is 0 Å². The first-order valence-corrected chi connectivity index (χ1v) is 4.52. The van der Waals surface area contributed by atoms with Gasteiger partial charge in [0.2, 0.25) is 0 Å². The second kappa shape index (κ2) is 6.86. The van der Waals surface area contributed by atoms with Gasteiger partial charge in [-0.1, -0.05) is 0 Å². The fourth-order valence-electron chi connectivity index (χ4n) is 0.951. The minimum Gasteiger partial charge on any atom is -0.394 e. The average Bonchev–Trinajstić information content (AvgIpc) is 2.32. The van der Waals surface area contributed by atoms with Crippen molar-refractivity contribution in [1.82, 2.24) is 0 Å². The van der Waals surface area contributed by atoms with Crippen LogP contribution in [0.1, 0.15) is 0 Å². The van der Waals surface area contributed by atoms with E-state index in [2.05, 4.69) is 0 Å². The predicted octanol–water partition coefficient (Wildman–Crippen LogP) is -4.66. The molecule has 8 heteroatoms. The maximum atomic E-state index is 11.2. The third-order valence-corrected chi connectivity index (χ3v) is 2.04. The molecule has 96 valence electrons. The van der Waals surface area contributed by atoms with Gasteiger partial charge >= 0.3 is 0 Å². The summed E-state index contributed by atoms with van der Waals surface area (Å²) in [5.74, 6) is -1.36. The smallest absolute Gasteiger partial charge is 0.195 e. The van der Waals surface area contributed by atoms with Crippen molar-refractivity contribution in [2.75, 3.05) is 13.2 Å². The van der Waals surface area contributed by atoms with Gasteiger partial charge < -0.3 is 35.7 Å². The van der Waals surface area contributed by atoms with E-state index in [9.17, 15) is 9.90 Å². The minimum atomic E-state index is -2.17. The molecule has 0 saturated heterocycles. The van der Waals surface area contributed by atoms with Crippen LogP contribution in [0.5, 0.6) is 0 Å². The summed E-state index contributed by atoms with van der Waals surface area (Å²) in [6, 6.07) is 0. The molecule has 0 aliphatic heterocycles. The Balaban J connectivity index is 4.48. The lowest BCUT2D eigenvalue weighted by Crippen LogP contribution is -2.50. The first-order chi connectivity index (χ1) is 7.36. The largest absolute Gasteiger partial charge is 0.394 e. The molecule has 0 radical (unpaired) electrons. The fraction of sp³-hybridized carbons (Fsp3) is 0.875. The summed E-state index contributed by atoms with van der Waals surface area (Å²) in [7, 11) is 0. The molecule has 8 nitrogen and oxygen atoms in total. The Hall–Kier alpha value is -0.610. The molecule has 16 heavy (non-hydrogen) atoms. The molecule has 0 aromatic rings. The van der Waals surface area contributed by atoms with E-state index in [1.165, 1.54) is 0 Å². The highest BCUT2D eigenvalue weighted by molar-refractivity contribution is 5.88.